The lowest BCUT2D eigenvalue weighted by atomic mass is 10.1. The van der Waals surface area contributed by atoms with Gasteiger partial charge in [-0.25, -0.2) is 0 Å². The van der Waals surface area contributed by atoms with Crippen LogP contribution >= 0.6 is 15.9 Å². The molecule has 0 heterocycles. The van der Waals surface area contributed by atoms with Gasteiger partial charge in [-0.1, -0.05) is 42.5 Å². The quantitative estimate of drug-likeness (QED) is 0.423. The number of rotatable bonds is 10. The van der Waals surface area contributed by atoms with E-state index < -0.39 is 0 Å². The molecule has 0 unspecified atom stereocenters. The molecule has 0 saturated carbocycles. The fourth-order valence-corrected chi connectivity index (χ4v) is 3.55. The van der Waals surface area contributed by atoms with Gasteiger partial charge in [0.15, 0.2) is 11.5 Å². The largest absolute Gasteiger partial charge is 0.497 e. The number of hydrogen-bond donors (Lipinski definition) is 1. The van der Waals surface area contributed by atoms with Gasteiger partial charge >= 0.3 is 0 Å². The molecule has 0 radical (unpaired) electrons. The fraction of sp³-hybridized carbons (Fsp3) is 0.250. The Hall–Kier alpha value is -2.50. The summed E-state index contributed by atoms with van der Waals surface area (Å²) >= 11 is 3.65. The van der Waals surface area contributed by atoms with E-state index in [1.807, 2.05) is 55.5 Å². The van der Waals surface area contributed by atoms with Crippen LogP contribution in [0.2, 0.25) is 0 Å². The number of nitrogens with one attached hydrogen (secondary N) is 1. The van der Waals surface area contributed by atoms with Gasteiger partial charge in [0, 0.05) is 13.1 Å². The average Bonchev–Trinajstić information content (AvgIpc) is 2.74. The Morgan fingerprint density at radius 2 is 1.55 bits per heavy atom. The van der Waals surface area contributed by atoms with Crippen molar-refractivity contribution in [3.8, 4) is 17.2 Å². The first-order valence-electron chi connectivity index (χ1n) is 9.65. The first kappa shape index (κ1) is 21.2. The monoisotopic (exact) mass is 455 g/mol. The lowest BCUT2D eigenvalue weighted by Gasteiger charge is -2.16. The summed E-state index contributed by atoms with van der Waals surface area (Å²) in [4.78, 5) is 0. The Morgan fingerprint density at radius 1 is 0.828 bits per heavy atom. The lowest BCUT2D eigenvalue weighted by molar-refractivity contribution is 0.267. The van der Waals surface area contributed by atoms with Crippen molar-refractivity contribution in [3.05, 3.63) is 87.9 Å². The van der Waals surface area contributed by atoms with Gasteiger partial charge in [0.2, 0.25) is 0 Å². The van der Waals surface area contributed by atoms with E-state index in [9.17, 15) is 0 Å². The molecule has 3 aromatic rings. The van der Waals surface area contributed by atoms with Crippen LogP contribution in [0.3, 0.4) is 0 Å². The molecule has 152 valence electrons. The van der Waals surface area contributed by atoms with E-state index in [0.29, 0.717) is 13.2 Å². The summed E-state index contributed by atoms with van der Waals surface area (Å²) in [5.74, 6) is 2.35. The summed E-state index contributed by atoms with van der Waals surface area (Å²) in [5, 5.41) is 3.47. The molecule has 0 aliphatic rings. The van der Waals surface area contributed by atoms with Crippen LogP contribution in [0.25, 0.3) is 0 Å². The highest BCUT2D eigenvalue weighted by molar-refractivity contribution is 9.10. The van der Waals surface area contributed by atoms with Gasteiger partial charge in [0.25, 0.3) is 0 Å². The summed E-state index contributed by atoms with van der Waals surface area (Å²) in [7, 11) is 1.67. The molecule has 0 aromatic heterocycles. The lowest BCUT2D eigenvalue weighted by Crippen LogP contribution is -2.13. The first-order valence-corrected chi connectivity index (χ1v) is 10.4. The van der Waals surface area contributed by atoms with Crippen LogP contribution in [-0.2, 0) is 19.7 Å². The molecular formula is C24H26BrNO3. The maximum atomic E-state index is 6.05. The summed E-state index contributed by atoms with van der Waals surface area (Å²) in [6.07, 6.45) is 0. The molecule has 0 spiro atoms. The van der Waals surface area contributed by atoms with Crippen molar-refractivity contribution in [3.63, 3.8) is 0 Å². The minimum absolute atomic E-state index is 0.495. The Labute approximate surface area is 180 Å². The Bertz CT molecular complexity index is 898. The average molecular weight is 456 g/mol. The zero-order valence-electron chi connectivity index (χ0n) is 16.8. The maximum absolute atomic E-state index is 6.05. The summed E-state index contributed by atoms with van der Waals surface area (Å²) in [5.41, 5.74) is 3.45. The van der Waals surface area contributed by atoms with Gasteiger partial charge < -0.3 is 19.5 Å². The molecule has 29 heavy (non-hydrogen) atoms. The van der Waals surface area contributed by atoms with Crippen LogP contribution in [0.5, 0.6) is 17.2 Å². The molecule has 0 aliphatic heterocycles. The number of benzene rings is 3. The second kappa shape index (κ2) is 10.9. The van der Waals surface area contributed by atoms with E-state index >= 15 is 0 Å². The predicted octanol–water partition coefficient (Wildman–Crippen LogP) is 5.73. The molecule has 0 fully saturated rings. The van der Waals surface area contributed by atoms with E-state index in [2.05, 4.69) is 39.4 Å². The van der Waals surface area contributed by atoms with Crippen LogP contribution in [0.1, 0.15) is 23.6 Å². The van der Waals surface area contributed by atoms with Gasteiger partial charge in [-0.3, -0.25) is 0 Å². The highest BCUT2D eigenvalue weighted by Gasteiger charge is 2.12. The molecule has 3 rings (SSSR count). The zero-order valence-corrected chi connectivity index (χ0v) is 18.4. The van der Waals surface area contributed by atoms with Crippen LogP contribution in [0, 0.1) is 0 Å². The number of ether oxygens (including phenoxy) is 3. The van der Waals surface area contributed by atoms with Gasteiger partial charge in [-0.15, -0.1) is 0 Å². The van der Waals surface area contributed by atoms with Gasteiger partial charge in [0.05, 0.1) is 18.2 Å². The molecule has 4 nitrogen and oxygen atoms in total. The Kier molecular flexibility index (Phi) is 7.96. The highest BCUT2D eigenvalue weighted by Crippen LogP contribution is 2.37. The van der Waals surface area contributed by atoms with Gasteiger partial charge in [0.1, 0.15) is 12.4 Å². The van der Waals surface area contributed by atoms with Crippen molar-refractivity contribution in [2.45, 2.75) is 26.6 Å². The molecule has 0 aliphatic carbocycles. The van der Waals surface area contributed by atoms with Crippen molar-refractivity contribution in [2.24, 2.45) is 0 Å². The summed E-state index contributed by atoms with van der Waals surface area (Å²) in [6, 6.07) is 22.3. The molecule has 5 heteroatoms. The first-order chi connectivity index (χ1) is 14.2. The van der Waals surface area contributed by atoms with Crippen molar-refractivity contribution >= 4 is 15.9 Å². The third-order valence-electron chi connectivity index (χ3n) is 4.41. The minimum atomic E-state index is 0.495. The third kappa shape index (κ3) is 6.24. The van der Waals surface area contributed by atoms with E-state index in [0.717, 1.165) is 45.9 Å². The number of hydrogen-bond acceptors (Lipinski definition) is 4. The normalized spacial score (nSPS) is 10.6. The second-order valence-electron chi connectivity index (χ2n) is 6.56. The Balaban J connectivity index is 1.64. The van der Waals surface area contributed by atoms with Gasteiger partial charge in [-0.2, -0.15) is 0 Å². The number of methoxy groups -OCH3 is 1. The van der Waals surface area contributed by atoms with Crippen LogP contribution < -0.4 is 19.5 Å². The Morgan fingerprint density at radius 3 is 2.24 bits per heavy atom. The van der Waals surface area contributed by atoms with Crippen LogP contribution in [0.15, 0.2) is 71.2 Å². The minimum Gasteiger partial charge on any atom is -0.497 e. The van der Waals surface area contributed by atoms with E-state index in [-0.39, 0.29) is 0 Å². The molecular weight excluding hydrogens is 430 g/mol. The third-order valence-corrected chi connectivity index (χ3v) is 5.00. The van der Waals surface area contributed by atoms with Gasteiger partial charge in [-0.05, 0) is 63.8 Å². The van der Waals surface area contributed by atoms with Crippen LogP contribution in [0.4, 0.5) is 0 Å². The van der Waals surface area contributed by atoms with E-state index in [4.69, 9.17) is 14.2 Å². The SMILES string of the molecule is CCOc1cc(CNCc2ccc(OC)cc2)cc(Br)c1OCc1ccccc1. The van der Waals surface area contributed by atoms with Crippen LogP contribution in [-0.4, -0.2) is 13.7 Å². The van der Waals surface area contributed by atoms with Crippen molar-refractivity contribution in [1.82, 2.24) is 5.32 Å². The molecule has 1 N–H and O–H groups in total. The second-order valence-corrected chi connectivity index (χ2v) is 7.42. The summed E-state index contributed by atoms with van der Waals surface area (Å²) in [6.45, 7) is 4.55. The van der Waals surface area contributed by atoms with Crippen molar-refractivity contribution in [2.75, 3.05) is 13.7 Å². The standard InChI is InChI=1S/C24H26BrNO3/c1-3-28-23-14-20(16-26-15-18-9-11-21(27-2)12-10-18)13-22(25)24(23)29-17-19-7-5-4-6-8-19/h4-14,26H,3,15-17H2,1-2H3. The number of halogens is 1. The fourth-order valence-electron chi connectivity index (χ4n) is 2.95. The molecule has 0 atom stereocenters. The molecule has 0 saturated heterocycles. The highest BCUT2D eigenvalue weighted by atomic mass is 79.9. The van der Waals surface area contributed by atoms with E-state index in [1.165, 1.54) is 5.56 Å². The van der Waals surface area contributed by atoms with Crippen molar-refractivity contribution in [1.29, 1.82) is 0 Å². The topological polar surface area (TPSA) is 39.7 Å². The molecule has 0 bridgehead atoms. The van der Waals surface area contributed by atoms with E-state index in [1.54, 1.807) is 7.11 Å². The predicted molar refractivity (Wildman–Crippen MR) is 120 cm³/mol. The molecule has 0 amide bonds. The maximum Gasteiger partial charge on any atom is 0.175 e. The smallest absolute Gasteiger partial charge is 0.175 e. The van der Waals surface area contributed by atoms with Crippen molar-refractivity contribution < 1.29 is 14.2 Å². The molecule has 3 aromatic carbocycles. The zero-order chi connectivity index (χ0) is 20.5. The summed E-state index contributed by atoms with van der Waals surface area (Å²) < 4.78 is 18.0.